The molecule has 150 valence electrons. The summed E-state index contributed by atoms with van der Waals surface area (Å²) in [5.41, 5.74) is 1.27. The number of hydrogen-bond donors (Lipinski definition) is 2. The lowest BCUT2D eigenvalue weighted by molar-refractivity contribution is 0.485. The molecule has 0 radical (unpaired) electrons. The Balaban J connectivity index is 0.00000338. The zero-order chi connectivity index (χ0) is 18.3. The third-order valence-electron chi connectivity index (χ3n) is 4.32. The summed E-state index contributed by atoms with van der Waals surface area (Å²) in [4.78, 5) is 6.93. The van der Waals surface area contributed by atoms with Crippen molar-refractivity contribution in [3.05, 3.63) is 18.0 Å². The van der Waals surface area contributed by atoms with Gasteiger partial charge in [0, 0.05) is 51.9 Å². The van der Waals surface area contributed by atoms with Crippen molar-refractivity contribution >= 4 is 40.0 Å². The summed E-state index contributed by atoms with van der Waals surface area (Å²) in [6, 6.07) is 0. The third-order valence-corrected chi connectivity index (χ3v) is 5.72. The van der Waals surface area contributed by atoms with Crippen LogP contribution in [0.3, 0.4) is 0 Å². The molecule has 2 rings (SSSR count). The number of nitrogens with one attached hydrogen (secondary N) is 2. The Morgan fingerprint density at radius 3 is 2.81 bits per heavy atom. The van der Waals surface area contributed by atoms with E-state index >= 15 is 0 Å². The predicted octanol–water partition coefficient (Wildman–Crippen LogP) is 1.12. The van der Waals surface area contributed by atoms with Crippen molar-refractivity contribution in [3.63, 3.8) is 0 Å². The van der Waals surface area contributed by atoms with Gasteiger partial charge >= 0.3 is 0 Å². The van der Waals surface area contributed by atoms with E-state index in [0.29, 0.717) is 25.4 Å². The standard InChI is InChI=1S/C16H30N6O2S.HI/c1-4-17-16(18-8-6-9-20-25(23,24)5-2)22-10-7-14(13-22)15-11-19-21(3)12-15;/h11-12,14,20H,4-10,13H2,1-3H3,(H,17,18);1H. The van der Waals surface area contributed by atoms with Crippen LogP contribution in [-0.4, -0.2) is 67.5 Å². The minimum absolute atomic E-state index is 0. The van der Waals surface area contributed by atoms with Gasteiger partial charge in [0.25, 0.3) is 0 Å². The normalized spacial score (nSPS) is 18.0. The molecule has 0 aliphatic carbocycles. The van der Waals surface area contributed by atoms with E-state index in [9.17, 15) is 8.42 Å². The highest BCUT2D eigenvalue weighted by Crippen LogP contribution is 2.26. The maximum atomic E-state index is 11.4. The van der Waals surface area contributed by atoms with Gasteiger partial charge < -0.3 is 10.2 Å². The van der Waals surface area contributed by atoms with Gasteiger partial charge in [0.1, 0.15) is 0 Å². The van der Waals surface area contributed by atoms with E-state index in [-0.39, 0.29) is 29.7 Å². The van der Waals surface area contributed by atoms with Crippen LogP contribution in [0.1, 0.15) is 38.2 Å². The molecule has 1 aromatic rings. The molecule has 1 fully saturated rings. The topological polar surface area (TPSA) is 91.6 Å². The molecule has 0 aromatic carbocycles. The van der Waals surface area contributed by atoms with Crippen molar-refractivity contribution in [1.82, 2.24) is 24.7 Å². The second kappa shape index (κ2) is 11.1. The number of aromatic nitrogens is 2. The van der Waals surface area contributed by atoms with Crippen LogP contribution in [0, 0.1) is 0 Å². The summed E-state index contributed by atoms with van der Waals surface area (Å²) in [7, 11) is -1.18. The third kappa shape index (κ3) is 7.03. The van der Waals surface area contributed by atoms with E-state index in [2.05, 4.69) is 38.2 Å². The summed E-state index contributed by atoms with van der Waals surface area (Å²) < 4.78 is 27.2. The monoisotopic (exact) mass is 498 g/mol. The van der Waals surface area contributed by atoms with Crippen LogP contribution in [-0.2, 0) is 17.1 Å². The van der Waals surface area contributed by atoms with Crippen LogP contribution in [0.2, 0.25) is 0 Å². The molecular weight excluding hydrogens is 467 g/mol. The Kier molecular flexibility index (Phi) is 9.86. The first kappa shape index (κ1) is 23.2. The molecule has 0 saturated carbocycles. The maximum absolute atomic E-state index is 11.4. The zero-order valence-electron chi connectivity index (χ0n) is 15.8. The van der Waals surface area contributed by atoms with E-state index in [1.165, 1.54) is 5.56 Å². The lowest BCUT2D eigenvalue weighted by Gasteiger charge is -2.21. The molecule has 2 N–H and O–H groups in total. The number of nitrogens with zero attached hydrogens (tertiary/aromatic N) is 4. The van der Waals surface area contributed by atoms with Crippen LogP contribution in [0.4, 0.5) is 0 Å². The highest BCUT2D eigenvalue weighted by atomic mass is 127. The molecule has 1 saturated heterocycles. The van der Waals surface area contributed by atoms with Crippen molar-refractivity contribution < 1.29 is 8.42 Å². The Morgan fingerprint density at radius 1 is 1.42 bits per heavy atom. The van der Waals surface area contributed by atoms with E-state index in [1.54, 1.807) is 6.92 Å². The quantitative estimate of drug-likeness (QED) is 0.243. The Hall–Kier alpha value is -0.880. The number of halogens is 1. The van der Waals surface area contributed by atoms with Gasteiger partial charge in [-0.15, -0.1) is 24.0 Å². The first-order valence-corrected chi connectivity index (χ1v) is 10.6. The average Bonchev–Trinajstić information content (AvgIpc) is 3.22. The van der Waals surface area contributed by atoms with E-state index in [1.807, 2.05) is 17.9 Å². The summed E-state index contributed by atoms with van der Waals surface area (Å²) in [6.45, 7) is 7.43. The second-order valence-electron chi connectivity index (χ2n) is 6.27. The van der Waals surface area contributed by atoms with Crippen LogP contribution in [0.15, 0.2) is 17.4 Å². The number of sulfonamides is 1. The molecular formula is C16H31IN6O2S. The molecule has 0 bridgehead atoms. The maximum Gasteiger partial charge on any atom is 0.211 e. The van der Waals surface area contributed by atoms with E-state index < -0.39 is 10.0 Å². The molecule has 0 spiro atoms. The van der Waals surface area contributed by atoms with Crippen molar-refractivity contribution in [2.75, 3.05) is 38.5 Å². The van der Waals surface area contributed by atoms with Crippen LogP contribution in [0.5, 0.6) is 0 Å². The lowest BCUT2D eigenvalue weighted by Crippen LogP contribution is -2.40. The molecule has 26 heavy (non-hydrogen) atoms. The fourth-order valence-electron chi connectivity index (χ4n) is 2.90. The minimum Gasteiger partial charge on any atom is -0.357 e. The molecule has 1 aromatic heterocycles. The fraction of sp³-hybridized carbons (Fsp3) is 0.750. The van der Waals surface area contributed by atoms with E-state index in [0.717, 1.165) is 32.0 Å². The van der Waals surface area contributed by atoms with Crippen LogP contribution >= 0.6 is 24.0 Å². The molecule has 1 aliphatic heterocycles. The van der Waals surface area contributed by atoms with Crippen LogP contribution in [0.25, 0.3) is 0 Å². The second-order valence-corrected chi connectivity index (χ2v) is 8.36. The van der Waals surface area contributed by atoms with Crippen molar-refractivity contribution in [2.45, 2.75) is 32.6 Å². The van der Waals surface area contributed by atoms with E-state index in [4.69, 9.17) is 0 Å². The predicted molar refractivity (Wildman–Crippen MR) is 116 cm³/mol. The van der Waals surface area contributed by atoms with Crippen molar-refractivity contribution in [2.24, 2.45) is 12.0 Å². The summed E-state index contributed by atoms with van der Waals surface area (Å²) in [5.74, 6) is 1.50. The van der Waals surface area contributed by atoms with Crippen LogP contribution < -0.4 is 10.0 Å². The summed E-state index contributed by atoms with van der Waals surface area (Å²) in [5, 5.41) is 7.60. The number of hydrogen-bond acceptors (Lipinski definition) is 4. The molecule has 1 aliphatic rings. The van der Waals surface area contributed by atoms with Gasteiger partial charge in [0.05, 0.1) is 11.9 Å². The molecule has 10 heteroatoms. The molecule has 2 heterocycles. The molecule has 1 atom stereocenters. The van der Waals surface area contributed by atoms with Gasteiger partial charge in [0.2, 0.25) is 10.0 Å². The first-order chi connectivity index (χ1) is 11.9. The first-order valence-electron chi connectivity index (χ1n) is 8.94. The van der Waals surface area contributed by atoms with Gasteiger partial charge in [-0.25, -0.2) is 13.1 Å². The van der Waals surface area contributed by atoms with Gasteiger partial charge in [-0.2, -0.15) is 5.10 Å². The lowest BCUT2D eigenvalue weighted by atomic mass is 10.0. The summed E-state index contributed by atoms with van der Waals surface area (Å²) in [6.07, 6.45) is 5.80. The van der Waals surface area contributed by atoms with Crippen molar-refractivity contribution in [1.29, 1.82) is 0 Å². The van der Waals surface area contributed by atoms with Crippen molar-refractivity contribution in [3.8, 4) is 0 Å². The zero-order valence-corrected chi connectivity index (χ0v) is 19.0. The van der Waals surface area contributed by atoms with Gasteiger partial charge in [-0.3, -0.25) is 9.67 Å². The number of likely N-dealkylation sites (tertiary alicyclic amines) is 1. The number of rotatable bonds is 8. The summed E-state index contributed by atoms with van der Waals surface area (Å²) >= 11 is 0. The minimum atomic E-state index is -3.11. The highest BCUT2D eigenvalue weighted by Gasteiger charge is 2.26. The molecule has 0 amide bonds. The fourth-order valence-corrected chi connectivity index (χ4v) is 3.55. The Morgan fingerprint density at radius 2 is 2.19 bits per heavy atom. The largest absolute Gasteiger partial charge is 0.357 e. The van der Waals surface area contributed by atoms with Gasteiger partial charge in [-0.1, -0.05) is 0 Å². The average molecular weight is 498 g/mol. The molecule has 1 unspecified atom stereocenters. The number of guanidine groups is 1. The Labute approximate surface area is 173 Å². The molecule has 8 nitrogen and oxygen atoms in total. The Bertz CT molecular complexity index is 676. The number of aryl methyl sites for hydroxylation is 1. The van der Waals surface area contributed by atoms with Gasteiger partial charge in [0.15, 0.2) is 5.96 Å². The number of aliphatic imine (C=N–C) groups is 1. The highest BCUT2D eigenvalue weighted by molar-refractivity contribution is 14.0. The smallest absolute Gasteiger partial charge is 0.211 e. The SMILES string of the molecule is CCNC(=NCCCNS(=O)(=O)CC)N1CCC(c2cnn(C)c2)C1.I. The van der Waals surface area contributed by atoms with Gasteiger partial charge in [-0.05, 0) is 32.3 Å².